The van der Waals surface area contributed by atoms with Gasteiger partial charge in [-0.05, 0) is 40.1 Å². The number of rotatable bonds is 3. The molecule has 5 N–H and O–H groups in total. The van der Waals surface area contributed by atoms with Gasteiger partial charge in [-0.25, -0.2) is 0 Å². The van der Waals surface area contributed by atoms with E-state index in [1.54, 1.807) is 6.92 Å². The maximum Gasteiger partial charge on any atom is 0.317 e. The molecule has 0 spiro atoms. The summed E-state index contributed by atoms with van der Waals surface area (Å²) < 4.78 is 0. The average molecular weight is 249 g/mol. The van der Waals surface area contributed by atoms with E-state index in [0.717, 1.165) is 6.54 Å². The fourth-order valence-corrected chi connectivity index (χ4v) is 0.232. The van der Waals surface area contributed by atoms with Gasteiger partial charge in [-0.1, -0.05) is 13.8 Å². The number of hydrogen-bond acceptors (Lipinski definition) is 5. The minimum absolute atomic E-state index is 0.0660. The second-order valence-corrected chi connectivity index (χ2v) is 2.78. The van der Waals surface area contributed by atoms with E-state index >= 15 is 0 Å². The van der Waals surface area contributed by atoms with Gasteiger partial charge in [0.25, 0.3) is 0 Å². The molecule has 0 bridgehead atoms. The third-order valence-electron chi connectivity index (χ3n) is 0.526. The lowest BCUT2D eigenvalue weighted by molar-refractivity contribution is -0.135. The van der Waals surface area contributed by atoms with E-state index in [4.69, 9.17) is 16.2 Å². The number of ketones is 1. The zero-order chi connectivity index (χ0) is 14.7. The van der Waals surface area contributed by atoms with Crippen LogP contribution in [0.25, 0.3) is 0 Å². The Morgan fingerprint density at radius 1 is 1.35 bits per heavy atom. The van der Waals surface area contributed by atoms with Gasteiger partial charge in [0.15, 0.2) is 0 Å². The predicted molar refractivity (Wildman–Crippen MR) is 71.7 cm³/mol. The van der Waals surface area contributed by atoms with Crippen LogP contribution >= 0.6 is 0 Å². The Balaban J connectivity index is -0.0000000726. The number of aliphatic carboxylic acids is 1. The van der Waals surface area contributed by atoms with Gasteiger partial charge in [0.1, 0.15) is 5.78 Å². The third-order valence-corrected chi connectivity index (χ3v) is 0.526. The summed E-state index contributed by atoms with van der Waals surface area (Å²) in [7, 11) is 0. The molecule has 0 aliphatic carbocycles. The molecule has 0 aromatic rings. The fraction of sp³-hybridized carbons (Fsp3) is 0.727. The number of Topliss-reactive ketones (excluding diaryl/α,β-unsaturated/α-hetero) is 1. The van der Waals surface area contributed by atoms with Crippen molar-refractivity contribution in [1.82, 2.24) is 5.32 Å². The van der Waals surface area contributed by atoms with Crippen LogP contribution < -0.4 is 11.1 Å². The van der Waals surface area contributed by atoms with Crippen LogP contribution in [-0.4, -0.2) is 42.7 Å². The van der Waals surface area contributed by atoms with E-state index in [2.05, 4.69) is 5.32 Å². The minimum atomic E-state index is -0.804. The van der Waals surface area contributed by atoms with E-state index < -0.39 is 5.97 Å². The van der Waals surface area contributed by atoms with Gasteiger partial charge < -0.3 is 26.4 Å². The van der Waals surface area contributed by atoms with E-state index in [9.17, 15) is 9.59 Å². The smallest absolute Gasteiger partial charge is 0.317 e. The van der Waals surface area contributed by atoms with Gasteiger partial charge in [-0.3, -0.25) is 4.79 Å². The van der Waals surface area contributed by atoms with Crippen LogP contribution in [0.2, 0.25) is 0 Å². The molecular formula is C11H27N3O3. The van der Waals surface area contributed by atoms with Crippen molar-refractivity contribution < 1.29 is 14.7 Å². The fourth-order valence-electron chi connectivity index (χ4n) is 0.232. The maximum atomic E-state index is 9.70. The van der Waals surface area contributed by atoms with Crippen LogP contribution in [0.5, 0.6) is 0 Å². The van der Waals surface area contributed by atoms with E-state index in [1.807, 2.05) is 13.8 Å². The Bertz CT molecular complexity index is 169. The largest absolute Gasteiger partial charge is 0.480 e. The van der Waals surface area contributed by atoms with Gasteiger partial charge in [0, 0.05) is 0 Å². The maximum absolute atomic E-state index is 9.70. The first-order chi connectivity index (χ1) is 7.83. The van der Waals surface area contributed by atoms with Crippen LogP contribution in [-0.2, 0) is 9.59 Å². The highest BCUT2D eigenvalue weighted by molar-refractivity contribution is 5.72. The highest BCUT2D eigenvalue weighted by Crippen LogP contribution is 1.56. The molecule has 0 amide bonds. The number of hydrogen-bond donors (Lipinski definition) is 4. The van der Waals surface area contributed by atoms with Crippen molar-refractivity contribution >= 4 is 18.0 Å². The molecule has 0 radical (unpaired) electrons. The number of nitrogens with one attached hydrogen (secondary N) is 2. The van der Waals surface area contributed by atoms with Gasteiger partial charge in [-0.15, -0.1) is 0 Å². The van der Waals surface area contributed by atoms with Gasteiger partial charge in [0.05, 0.1) is 6.54 Å². The van der Waals surface area contributed by atoms with E-state index in [1.165, 1.54) is 20.1 Å². The molecule has 0 aliphatic rings. The van der Waals surface area contributed by atoms with Crippen molar-refractivity contribution in [2.45, 2.75) is 34.6 Å². The third kappa shape index (κ3) is 320. The molecular weight excluding hydrogens is 222 g/mol. The van der Waals surface area contributed by atoms with Crippen LogP contribution in [0.1, 0.15) is 34.6 Å². The van der Waals surface area contributed by atoms with Crippen LogP contribution in [0, 0.1) is 5.41 Å². The summed E-state index contributed by atoms with van der Waals surface area (Å²) in [6, 6.07) is 0. The molecule has 0 rings (SSSR count). The first-order valence-electron chi connectivity index (χ1n) is 5.38. The monoisotopic (exact) mass is 249 g/mol. The standard InChI is InChI=1S/C4H9NO2.C3H6O.C2H7N.C2H5N/c1-2-5-3-4(6)7;1-3(2)4;2*1-2-3/h5H,2-3H2,1H3,(H,6,7);1-2H3;2-3H2,1H3;2-3H,1H3. The zero-order valence-electron chi connectivity index (χ0n) is 11.5. The molecule has 0 heterocycles. The molecule has 0 saturated heterocycles. The lowest BCUT2D eigenvalue weighted by atomic mass is 10.6. The Morgan fingerprint density at radius 2 is 1.59 bits per heavy atom. The molecule has 6 heteroatoms. The average Bonchev–Trinajstić information content (AvgIpc) is 2.16. The summed E-state index contributed by atoms with van der Waals surface area (Å²) in [6.45, 7) is 10.0. The Morgan fingerprint density at radius 3 is 1.65 bits per heavy atom. The summed E-state index contributed by atoms with van der Waals surface area (Å²) in [5.41, 5.74) is 4.85. The number of carboxylic acids is 1. The normalized spacial score (nSPS) is 6.94. The number of carbonyl (C=O) groups excluding carboxylic acids is 1. The molecule has 0 aromatic heterocycles. The number of likely N-dealkylation sites (N-methyl/N-ethyl adjacent to an activating group) is 1. The molecule has 0 saturated carbocycles. The van der Waals surface area contributed by atoms with Crippen molar-refractivity contribution in [3.63, 3.8) is 0 Å². The van der Waals surface area contributed by atoms with Gasteiger partial charge >= 0.3 is 5.97 Å². The van der Waals surface area contributed by atoms with Crippen LogP contribution in [0.3, 0.4) is 0 Å². The SMILES string of the molecule is CC(C)=O.CC=N.CCN.CCNCC(=O)O. The van der Waals surface area contributed by atoms with Crippen molar-refractivity contribution in [2.24, 2.45) is 5.73 Å². The lowest BCUT2D eigenvalue weighted by Crippen LogP contribution is -2.21. The molecule has 0 fully saturated rings. The van der Waals surface area contributed by atoms with Crippen molar-refractivity contribution in [3.8, 4) is 0 Å². The molecule has 0 atom stereocenters. The Labute approximate surface area is 104 Å². The Kier molecular flexibility index (Phi) is 42.8. The summed E-state index contributed by atoms with van der Waals surface area (Å²) in [6.07, 6.45) is 1.25. The lowest BCUT2D eigenvalue weighted by Gasteiger charge is -1.90. The molecule has 0 aliphatic heterocycles. The molecule has 104 valence electrons. The van der Waals surface area contributed by atoms with Crippen LogP contribution in [0.15, 0.2) is 0 Å². The van der Waals surface area contributed by atoms with Crippen molar-refractivity contribution in [3.05, 3.63) is 0 Å². The van der Waals surface area contributed by atoms with E-state index in [-0.39, 0.29) is 12.3 Å². The summed E-state index contributed by atoms with van der Waals surface area (Å²) >= 11 is 0. The predicted octanol–water partition coefficient (Wildman–Crippen LogP) is 0.897. The van der Waals surface area contributed by atoms with Gasteiger partial charge in [-0.2, -0.15) is 0 Å². The van der Waals surface area contributed by atoms with Crippen molar-refractivity contribution in [2.75, 3.05) is 19.6 Å². The van der Waals surface area contributed by atoms with E-state index in [0.29, 0.717) is 6.54 Å². The van der Waals surface area contributed by atoms with Gasteiger partial charge in [0.2, 0.25) is 0 Å². The topological polar surface area (TPSA) is 116 Å². The second-order valence-electron chi connectivity index (χ2n) is 2.78. The first-order valence-corrected chi connectivity index (χ1v) is 5.38. The Hall–Kier alpha value is -1.27. The molecule has 0 aromatic carbocycles. The van der Waals surface area contributed by atoms with Crippen molar-refractivity contribution in [1.29, 1.82) is 5.41 Å². The minimum Gasteiger partial charge on any atom is -0.480 e. The summed E-state index contributed by atoms with van der Waals surface area (Å²) in [4.78, 5) is 19.1. The second kappa shape index (κ2) is 29.3. The number of carboxylic acid groups (broad SMARTS) is 1. The summed E-state index contributed by atoms with van der Waals surface area (Å²) in [5, 5.41) is 16.7. The quantitative estimate of drug-likeness (QED) is 0.554. The first kappa shape index (κ1) is 24.8. The number of carbonyl (C=O) groups is 2. The van der Waals surface area contributed by atoms with Crippen LogP contribution in [0.4, 0.5) is 0 Å². The number of nitrogens with two attached hydrogens (primary N) is 1. The molecule has 6 nitrogen and oxygen atoms in total. The summed E-state index contributed by atoms with van der Waals surface area (Å²) in [5.74, 6) is -0.637. The molecule has 17 heavy (non-hydrogen) atoms. The molecule has 0 unspecified atom stereocenters. The zero-order valence-corrected chi connectivity index (χ0v) is 11.5. The highest BCUT2D eigenvalue weighted by Gasteiger charge is 1.88. The highest BCUT2D eigenvalue weighted by atomic mass is 16.4.